The number of amides is 1. The maximum Gasteiger partial charge on any atom is 0.251 e. The number of carbonyl (C=O) groups is 1. The van der Waals surface area contributed by atoms with Gasteiger partial charge in [0, 0.05) is 17.1 Å². The Morgan fingerprint density at radius 2 is 1.89 bits per heavy atom. The molecule has 0 saturated heterocycles. The van der Waals surface area contributed by atoms with E-state index in [4.69, 9.17) is 11.6 Å². The van der Waals surface area contributed by atoms with Crippen molar-refractivity contribution in [3.63, 3.8) is 0 Å². The van der Waals surface area contributed by atoms with Crippen LogP contribution >= 0.6 is 11.6 Å². The lowest BCUT2D eigenvalue weighted by Gasteiger charge is -2.06. The molecule has 18 heavy (non-hydrogen) atoms. The molecule has 2 aromatic rings. The summed E-state index contributed by atoms with van der Waals surface area (Å²) in [6.07, 6.45) is 0. The molecule has 1 amide bonds. The van der Waals surface area contributed by atoms with Gasteiger partial charge < -0.3 is 5.32 Å². The fraction of sp³-hybridized carbons (Fsp3) is 0.0714. The maximum atomic E-state index is 13.1. The normalized spacial score (nSPS) is 10.1. The third-order valence-corrected chi connectivity index (χ3v) is 2.64. The van der Waals surface area contributed by atoms with Crippen LogP contribution in [0.25, 0.3) is 0 Å². The summed E-state index contributed by atoms with van der Waals surface area (Å²) < 4.78 is 13.1. The first-order chi connectivity index (χ1) is 8.65. The van der Waals surface area contributed by atoms with Crippen molar-refractivity contribution in [2.45, 2.75) is 6.54 Å². The number of hydrogen-bond acceptors (Lipinski definition) is 1. The van der Waals surface area contributed by atoms with E-state index in [2.05, 4.69) is 5.32 Å². The summed E-state index contributed by atoms with van der Waals surface area (Å²) in [5.74, 6) is -0.868. The van der Waals surface area contributed by atoms with Crippen LogP contribution in [-0.2, 0) is 6.54 Å². The number of carbonyl (C=O) groups excluding carboxylic acids is 1. The molecule has 92 valence electrons. The zero-order chi connectivity index (χ0) is 13.0. The van der Waals surface area contributed by atoms with Crippen molar-refractivity contribution in [1.29, 1.82) is 0 Å². The van der Waals surface area contributed by atoms with Gasteiger partial charge in [0.2, 0.25) is 0 Å². The van der Waals surface area contributed by atoms with Gasteiger partial charge in [0.15, 0.2) is 0 Å². The van der Waals surface area contributed by atoms with Crippen LogP contribution in [0, 0.1) is 5.82 Å². The SMILES string of the molecule is O=C(NCc1ccccc1)c1cc(F)cc(Cl)c1. The molecule has 4 heteroatoms. The maximum absolute atomic E-state index is 13.1. The van der Waals surface area contributed by atoms with E-state index in [0.29, 0.717) is 6.54 Å². The first-order valence-electron chi connectivity index (χ1n) is 5.43. The zero-order valence-corrected chi connectivity index (χ0v) is 10.2. The summed E-state index contributed by atoms with van der Waals surface area (Å²) in [4.78, 5) is 11.8. The monoisotopic (exact) mass is 263 g/mol. The van der Waals surface area contributed by atoms with Gasteiger partial charge in [-0.25, -0.2) is 4.39 Å². The van der Waals surface area contributed by atoms with E-state index in [0.717, 1.165) is 17.7 Å². The average Bonchev–Trinajstić information content (AvgIpc) is 2.36. The Bertz CT molecular complexity index is 537. The van der Waals surface area contributed by atoms with Crippen LogP contribution in [0.4, 0.5) is 4.39 Å². The molecule has 0 spiro atoms. The van der Waals surface area contributed by atoms with Crippen LogP contribution < -0.4 is 5.32 Å². The number of halogens is 2. The molecular weight excluding hydrogens is 253 g/mol. The standard InChI is InChI=1S/C14H11ClFNO/c15-12-6-11(7-13(16)8-12)14(18)17-9-10-4-2-1-3-5-10/h1-8H,9H2,(H,17,18). The molecule has 0 unspecified atom stereocenters. The molecule has 0 saturated carbocycles. The minimum atomic E-state index is -0.521. The van der Waals surface area contributed by atoms with Gasteiger partial charge in [-0.05, 0) is 23.8 Å². The predicted octanol–water partition coefficient (Wildman–Crippen LogP) is 3.41. The van der Waals surface area contributed by atoms with Crippen molar-refractivity contribution in [3.8, 4) is 0 Å². The second-order valence-corrected chi connectivity index (χ2v) is 4.26. The van der Waals surface area contributed by atoms with Crippen LogP contribution in [0.15, 0.2) is 48.5 Å². The fourth-order valence-electron chi connectivity index (χ4n) is 1.57. The van der Waals surface area contributed by atoms with Crippen LogP contribution in [-0.4, -0.2) is 5.91 Å². The minimum Gasteiger partial charge on any atom is -0.348 e. The first kappa shape index (κ1) is 12.6. The van der Waals surface area contributed by atoms with Crippen LogP contribution in [0.1, 0.15) is 15.9 Å². The fourth-order valence-corrected chi connectivity index (χ4v) is 1.79. The Morgan fingerprint density at radius 3 is 2.56 bits per heavy atom. The van der Waals surface area contributed by atoms with Gasteiger partial charge in [-0.1, -0.05) is 41.9 Å². The third-order valence-electron chi connectivity index (χ3n) is 2.42. The molecule has 0 aliphatic heterocycles. The van der Waals surface area contributed by atoms with E-state index in [9.17, 15) is 9.18 Å². The number of nitrogens with one attached hydrogen (secondary N) is 1. The quantitative estimate of drug-likeness (QED) is 0.903. The number of benzene rings is 2. The first-order valence-corrected chi connectivity index (χ1v) is 5.81. The van der Waals surface area contributed by atoms with Gasteiger partial charge in [-0.3, -0.25) is 4.79 Å². The Balaban J connectivity index is 2.04. The van der Waals surface area contributed by atoms with Crippen molar-refractivity contribution in [2.24, 2.45) is 0 Å². The second kappa shape index (κ2) is 5.65. The average molecular weight is 264 g/mol. The molecule has 0 aliphatic carbocycles. The molecule has 2 nitrogen and oxygen atoms in total. The Hall–Kier alpha value is -1.87. The van der Waals surface area contributed by atoms with Crippen molar-refractivity contribution >= 4 is 17.5 Å². The van der Waals surface area contributed by atoms with E-state index in [1.54, 1.807) is 0 Å². The van der Waals surface area contributed by atoms with Gasteiger partial charge >= 0.3 is 0 Å². The van der Waals surface area contributed by atoms with E-state index in [-0.39, 0.29) is 16.5 Å². The van der Waals surface area contributed by atoms with Crippen LogP contribution in [0.2, 0.25) is 5.02 Å². The van der Waals surface area contributed by atoms with Gasteiger partial charge in [0.25, 0.3) is 5.91 Å². The number of hydrogen-bond donors (Lipinski definition) is 1. The molecule has 1 N–H and O–H groups in total. The molecule has 0 radical (unpaired) electrons. The van der Waals surface area contributed by atoms with Gasteiger partial charge in [0.05, 0.1) is 0 Å². The number of rotatable bonds is 3. The summed E-state index contributed by atoms with van der Waals surface area (Å²) >= 11 is 5.69. The zero-order valence-electron chi connectivity index (χ0n) is 9.49. The predicted molar refractivity (Wildman–Crippen MR) is 69.0 cm³/mol. The highest BCUT2D eigenvalue weighted by Crippen LogP contribution is 2.14. The summed E-state index contributed by atoms with van der Waals surface area (Å²) in [6.45, 7) is 0.397. The Labute approximate surface area is 109 Å². The summed E-state index contributed by atoms with van der Waals surface area (Å²) in [6, 6.07) is 13.2. The van der Waals surface area contributed by atoms with Gasteiger partial charge in [-0.2, -0.15) is 0 Å². The smallest absolute Gasteiger partial charge is 0.251 e. The lowest BCUT2D eigenvalue weighted by molar-refractivity contribution is 0.0950. The summed E-state index contributed by atoms with van der Waals surface area (Å²) in [5.41, 5.74) is 1.20. The highest BCUT2D eigenvalue weighted by atomic mass is 35.5. The molecule has 2 aromatic carbocycles. The van der Waals surface area contributed by atoms with Crippen molar-refractivity contribution in [2.75, 3.05) is 0 Å². The largest absolute Gasteiger partial charge is 0.348 e. The van der Waals surface area contributed by atoms with E-state index < -0.39 is 5.82 Å². The lowest BCUT2D eigenvalue weighted by Crippen LogP contribution is -2.22. The molecular formula is C14H11ClFNO. The van der Waals surface area contributed by atoms with E-state index in [1.165, 1.54) is 6.07 Å². The van der Waals surface area contributed by atoms with Crippen LogP contribution in [0.5, 0.6) is 0 Å². The topological polar surface area (TPSA) is 29.1 Å². The van der Waals surface area contributed by atoms with Crippen molar-refractivity contribution in [1.82, 2.24) is 5.32 Å². The molecule has 0 fully saturated rings. The van der Waals surface area contributed by atoms with Gasteiger partial charge in [-0.15, -0.1) is 0 Å². The Kier molecular flexibility index (Phi) is 3.95. The molecule has 0 heterocycles. The lowest BCUT2D eigenvalue weighted by atomic mass is 10.2. The summed E-state index contributed by atoms with van der Waals surface area (Å²) in [7, 11) is 0. The highest BCUT2D eigenvalue weighted by molar-refractivity contribution is 6.31. The molecule has 0 aromatic heterocycles. The minimum absolute atomic E-state index is 0.208. The molecule has 0 bridgehead atoms. The molecule has 2 rings (SSSR count). The second-order valence-electron chi connectivity index (χ2n) is 3.83. The van der Waals surface area contributed by atoms with Gasteiger partial charge in [0.1, 0.15) is 5.82 Å². The Morgan fingerprint density at radius 1 is 1.17 bits per heavy atom. The van der Waals surface area contributed by atoms with E-state index in [1.807, 2.05) is 30.3 Å². The summed E-state index contributed by atoms with van der Waals surface area (Å²) in [5, 5.41) is 2.91. The molecule has 0 atom stereocenters. The molecule has 0 aliphatic rings. The van der Waals surface area contributed by atoms with E-state index >= 15 is 0 Å². The third kappa shape index (κ3) is 3.31. The highest BCUT2D eigenvalue weighted by Gasteiger charge is 2.07. The van der Waals surface area contributed by atoms with Crippen LogP contribution in [0.3, 0.4) is 0 Å². The van der Waals surface area contributed by atoms with Crippen molar-refractivity contribution < 1.29 is 9.18 Å². The van der Waals surface area contributed by atoms with Crippen molar-refractivity contribution in [3.05, 3.63) is 70.5 Å².